The molecule has 0 aliphatic rings. The highest BCUT2D eigenvalue weighted by atomic mass is 32.2. The van der Waals surface area contributed by atoms with Crippen molar-refractivity contribution in [3.63, 3.8) is 0 Å². The molecular weight excluding hydrogens is 373 g/mol. The second-order valence-electron chi connectivity index (χ2n) is 4.56. The Balaban J connectivity index is 2.50. The lowest BCUT2D eigenvalue weighted by atomic mass is 10.3. The van der Waals surface area contributed by atoms with E-state index >= 15 is 0 Å². The van der Waals surface area contributed by atoms with Gasteiger partial charge in [0.15, 0.2) is 0 Å². The quantitative estimate of drug-likeness (QED) is 0.587. The first-order chi connectivity index (χ1) is 10.9. The minimum atomic E-state index is -5.68. The molecule has 0 fully saturated rings. The smallest absolute Gasteiger partial charge is 0.436 e. The number of nitrogens with zero attached hydrogens (tertiary/aromatic N) is 2. The second kappa shape index (κ2) is 6.09. The van der Waals surface area contributed by atoms with E-state index in [0.717, 1.165) is 6.07 Å². The molecule has 2 aromatic rings. The fourth-order valence-corrected chi connectivity index (χ4v) is 3.30. The molecular formula is C12H9F3N2O5S2. The number of oxazole rings is 1. The van der Waals surface area contributed by atoms with Gasteiger partial charge in [-0.3, -0.25) is 10.1 Å². The first-order valence-corrected chi connectivity index (χ1v) is 8.45. The van der Waals surface area contributed by atoms with Crippen molar-refractivity contribution in [1.29, 1.82) is 0 Å². The third-order valence-electron chi connectivity index (χ3n) is 2.95. The fraction of sp³-hybridized carbons (Fsp3) is 0.250. The van der Waals surface area contributed by atoms with Gasteiger partial charge in [-0.05, 0) is 37.7 Å². The molecule has 0 saturated heterocycles. The van der Waals surface area contributed by atoms with Crippen molar-refractivity contribution < 1.29 is 30.9 Å². The molecule has 0 bridgehead atoms. The third-order valence-corrected chi connectivity index (χ3v) is 5.35. The molecule has 0 unspecified atom stereocenters. The molecule has 0 atom stereocenters. The van der Waals surface area contributed by atoms with Crippen molar-refractivity contribution >= 4 is 27.3 Å². The van der Waals surface area contributed by atoms with Crippen molar-refractivity contribution in [3.05, 3.63) is 39.8 Å². The number of nitro benzene ring substituents is 1. The van der Waals surface area contributed by atoms with E-state index in [4.69, 9.17) is 4.42 Å². The van der Waals surface area contributed by atoms with E-state index in [9.17, 15) is 31.7 Å². The first kappa shape index (κ1) is 18.3. The zero-order valence-corrected chi connectivity index (χ0v) is 13.8. The van der Waals surface area contributed by atoms with E-state index in [1.165, 1.54) is 0 Å². The molecule has 0 saturated carbocycles. The molecule has 0 amide bonds. The highest BCUT2D eigenvalue weighted by molar-refractivity contribution is 7.99. The highest BCUT2D eigenvalue weighted by Crippen LogP contribution is 2.38. The molecule has 1 aromatic carbocycles. The molecule has 0 N–H and O–H groups in total. The van der Waals surface area contributed by atoms with E-state index in [2.05, 4.69) is 4.98 Å². The van der Waals surface area contributed by atoms with Crippen molar-refractivity contribution in [3.8, 4) is 0 Å². The summed E-state index contributed by atoms with van der Waals surface area (Å²) in [6.45, 7) is 3.27. The van der Waals surface area contributed by atoms with Crippen LogP contribution in [0, 0.1) is 24.0 Å². The van der Waals surface area contributed by atoms with Gasteiger partial charge < -0.3 is 4.42 Å². The van der Waals surface area contributed by atoms with Crippen LogP contribution in [0.3, 0.4) is 0 Å². The maximum Gasteiger partial charge on any atom is 0.501 e. The first-order valence-electron chi connectivity index (χ1n) is 6.15. The predicted octanol–water partition coefficient (Wildman–Crippen LogP) is 3.64. The summed E-state index contributed by atoms with van der Waals surface area (Å²) >= 11 is 0.709. The van der Waals surface area contributed by atoms with Crippen LogP contribution in [0.5, 0.6) is 0 Å². The van der Waals surface area contributed by atoms with Crippen LogP contribution in [0.1, 0.15) is 11.5 Å². The summed E-state index contributed by atoms with van der Waals surface area (Å²) in [4.78, 5) is 12.8. The van der Waals surface area contributed by atoms with Gasteiger partial charge in [0.25, 0.3) is 20.7 Å². The number of aromatic nitrogens is 1. The number of alkyl halides is 3. The van der Waals surface area contributed by atoms with Gasteiger partial charge in [0, 0.05) is 6.07 Å². The highest BCUT2D eigenvalue weighted by Gasteiger charge is 2.47. The molecule has 0 aliphatic heterocycles. The third kappa shape index (κ3) is 3.38. The van der Waals surface area contributed by atoms with Crippen LogP contribution in [0.4, 0.5) is 18.9 Å². The molecule has 0 radical (unpaired) electrons. The van der Waals surface area contributed by atoms with Crippen LogP contribution in [0.25, 0.3) is 0 Å². The Morgan fingerprint density at radius 2 is 1.92 bits per heavy atom. The van der Waals surface area contributed by atoms with Crippen LogP contribution >= 0.6 is 11.8 Å². The summed E-state index contributed by atoms with van der Waals surface area (Å²) in [5.74, 6) is 0.483. The standard InChI is InChI=1S/C12H9F3N2O5S2/c1-6-7(2)22-11(16-6)23-10-4-3-8(5-9(10)17(18)19)24(20,21)12(13,14)15/h3-5H,1-2H3. The molecule has 1 heterocycles. The Kier molecular flexibility index (Phi) is 4.63. The normalized spacial score (nSPS) is 12.4. The Bertz CT molecular complexity index is 886. The molecule has 7 nitrogen and oxygen atoms in total. The average Bonchev–Trinajstić information content (AvgIpc) is 2.76. The molecule has 12 heteroatoms. The predicted molar refractivity (Wildman–Crippen MR) is 76.4 cm³/mol. The number of sulfone groups is 1. The van der Waals surface area contributed by atoms with E-state index in [0.29, 0.717) is 35.3 Å². The lowest BCUT2D eigenvalue weighted by Gasteiger charge is -2.08. The zero-order chi connectivity index (χ0) is 18.3. The topological polar surface area (TPSA) is 103 Å². The molecule has 0 spiro atoms. The lowest BCUT2D eigenvalue weighted by Crippen LogP contribution is -2.23. The minimum Gasteiger partial charge on any atom is -0.436 e. The van der Waals surface area contributed by atoms with Gasteiger partial charge in [-0.25, -0.2) is 13.4 Å². The van der Waals surface area contributed by atoms with Gasteiger partial charge in [0.05, 0.1) is 20.4 Å². The van der Waals surface area contributed by atoms with Gasteiger partial charge in [0.2, 0.25) is 0 Å². The van der Waals surface area contributed by atoms with Crippen LogP contribution in [0.2, 0.25) is 0 Å². The van der Waals surface area contributed by atoms with E-state index in [1.54, 1.807) is 13.8 Å². The number of rotatable bonds is 4. The van der Waals surface area contributed by atoms with E-state index in [-0.39, 0.29) is 10.1 Å². The number of hydrogen-bond donors (Lipinski definition) is 0. The van der Waals surface area contributed by atoms with Crippen LogP contribution in [0.15, 0.2) is 37.6 Å². The average molecular weight is 382 g/mol. The van der Waals surface area contributed by atoms with Gasteiger partial charge in [-0.1, -0.05) is 0 Å². The Morgan fingerprint density at radius 1 is 1.29 bits per heavy atom. The van der Waals surface area contributed by atoms with Gasteiger partial charge in [0.1, 0.15) is 5.76 Å². The molecule has 1 aromatic heterocycles. The molecule has 2 rings (SSSR count). The summed E-state index contributed by atoms with van der Waals surface area (Å²) in [5, 5.41) is 11.1. The van der Waals surface area contributed by atoms with Gasteiger partial charge in [-0.2, -0.15) is 13.2 Å². The Hall–Kier alpha value is -2.08. The van der Waals surface area contributed by atoms with Crippen molar-refractivity contribution in [2.75, 3.05) is 0 Å². The maximum absolute atomic E-state index is 12.6. The second-order valence-corrected chi connectivity index (χ2v) is 7.49. The SMILES string of the molecule is Cc1nc(Sc2ccc(S(=O)(=O)C(F)(F)F)cc2[N+](=O)[O-])oc1C. The summed E-state index contributed by atoms with van der Waals surface area (Å²) in [6.07, 6.45) is 0. The summed E-state index contributed by atoms with van der Waals surface area (Å²) < 4.78 is 65.6. The maximum atomic E-state index is 12.6. The van der Waals surface area contributed by atoms with E-state index in [1.807, 2.05) is 0 Å². The molecule has 24 heavy (non-hydrogen) atoms. The van der Waals surface area contributed by atoms with Crippen molar-refractivity contribution in [2.24, 2.45) is 0 Å². The summed E-state index contributed by atoms with van der Waals surface area (Å²) in [5.41, 5.74) is -5.79. The largest absolute Gasteiger partial charge is 0.501 e. The summed E-state index contributed by atoms with van der Waals surface area (Å²) in [7, 11) is -5.68. The Morgan fingerprint density at radius 3 is 2.38 bits per heavy atom. The number of nitro groups is 1. The molecule has 0 aliphatic carbocycles. The number of hydrogen-bond acceptors (Lipinski definition) is 7. The van der Waals surface area contributed by atoms with Crippen molar-refractivity contribution in [1.82, 2.24) is 4.98 Å². The van der Waals surface area contributed by atoms with Crippen molar-refractivity contribution in [2.45, 2.75) is 34.4 Å². The number of halogens is 3. The van der Waals surface area contributed by atoms with E-state index < -0.39 is 30.9 Å². The molecule has 130 valence electrons. The number of aryl methyl sites for hydroxylation is 2. The number of benzene rings is 1. The summed E-state index contributed by atoms with van der Waals surface area (Å²) in [6, 6.07) is 1.94. The monoisotopic (exact) mass is 382 g/mol. The minimum absolute atomic E-state index is 0.0551. The van der Waals surface area contributed by atoms with Crippen LogP contribution in [-0.2, 0) is 9.84 Å². The van der Waals surface area contributed by atoms with Gasteiger partial charge >= 0.3 is 5.51 Å². The Labute approximate surface area is 137 Å². The lowest BCUT2D eigenvalue weighted by molar-refractivity contribution is -0.388. The fourth-order valence-electron chi connectivity index (χ4n) is 1.61. The zero-order valence-electron chi connectivity index (χ0n) is 12.1. The van der Waals surface area contributed by atoms with Crippen LogP contribution < -0.4 is 0 Å². The van der Waals surface area contributed by atoms with Gasteiger partial charge in [-0.15, -0.1) is 0 Å². The van der Waals surface area contributed by atoms with Crippen LogP contribution in [-0.4, -0.2) is 23.8 Å².